The van der Waals surface area contributed by atoms with Crippen molar-refractivity contribution >= 4 is 52.1 Å². The van der Waals surface area contributed by atoms with E-state index >= 15 is 0 Å². The van der Waals surface area contributed by atoms with Crippen LogP contribution in [-0.4, -0.2) is 34.9 Å². The standard InChI is InChI=1S/C29H23FN4O5/c1-18(35)31-21-8-12-23(13-9-21)39-15-14-33-17-19(24-4-2-3-5-26(24)33)16-25-27(36)32-29(38)34(28(25)37)22-10-6-20(30)7-11-22/h2-13,16-17H,14-15H2,1H3,(H,31,35)(H,32,36,38)/b25-16-. The second kappa shape index (κ2) is 10.6. The summed E-state index contributed by atoms with van der Waals surface area (Å²) in [6, 6.07) is 18.5. The van der Waals surface area contributed by atoms with Crippen LogP contribution < -0.4 is 20.3 Å². The summed E-state index contributed by atoms with van der Waals surface area (Å²) in [4.78, 5) is 50.3. The van der Waals surface area contributed by atoms with Gasteiger partial charge in [-0.3, -0.25) is 19.7 Å². The van der Waals surface area contributed by atoms with Crippen molar-refractivity contribution < 1.29 is 28.3 Å². The smallest absolute Gasteiger partial charge is 0.335 e. The van der Waals surface area contributed by atoms with E-state index in [1.54, 1.807) is 30.5 Å². The molecule has 9 nitrogen and oxygen atoms in total. The second-order valence-electron chi connectivity index (χ2n) is 8.78. The minimum absolute atomic E-state index is 0.141. The number of imide groups is 2. The zero-order valence-electron chi connectivity index (χ0n) is 20.8. The molecule has 0 unspecified atom stereocenters. The van der Waals surface area contributed by atoms with Crippen molar-refractivity contribution in [1.29, 1.82) is 0 Å². The molecule has 2 N–H and O–H groups in total. The number of urea groups is 1. The fourth-order valence-corrected chi connectivity index (χ4v) is 4.31. The van der Waals surface area contributed by atoms with E-state index in [9.17, 15) is 23.6 Å². The number of ether oxygens (including phenoxy) is 1. The number of anilines is 2. The second-order valence-corrected chi connectivity index (χ2v) is 8.78. The van der Waals surface area contributed by atoms with E-state index in [2.05, 4.69) is 10.6 Å². The van der Waals surface area contributed by atoms with Gasteiger partial charge in [0.05, 0.1) is 12.2 Å². The van der Waals surface area contributed by atoms with Crippen molar-refractivity contribution in [3.63, 3.8) is 0 Å². The van der Waals surface area contributed by atoms with Crippen LogP contribution in [0.2, 0.25) is 0 Å². The number of carbonyl (C=O) groups is 4. The van der Waals surface area contributed by atoms with E-state index in [4.69, 9.17) is 4.74 Å². The van der Waals surface area contributed by atoms with Gasteiger partial charge in [0.2, 0.25) is 5.91 Å². The van der Waals surface area contributed by atoms with Gasteiger partial charge in [-0.15, -0.1) is 0 Å². The van der Waals surface area contributed by atoms with Crippen molar-refractivity contribution in [3.8, 4) is 5.75 Å². The Balaban J connectivity index is 1.38. The fraction of sp³-hybridized carbons (Fsp3) is 0.103. The van der Waals surface area contributed by atoms with Gasteiger partial charge >= 0.3 is 6.03 Å². The molecule has 0 saturated carbocycles. The van der Waals surface area contributed by atoms with Gasteiger partial charge in [0.1, 0.15) is 23.7 Å². The van der Waals surface area contributed by atoms with Gasteiger partial charge in [-0.2, -0.15) is 0 Å². The fourth-order valence-electron chi connectivity index (χ4n) is 4.31. The van der Waals surface area contributed by atoms with Crippen LogP contribution in [0.1, 0.15) is 12.5 Å². The van der Waals surface area contributed by atoms with Crippen LogP contribution in [0, 0.1) is 5.82 Å². The molecule has 4 aromatic rings. The highest BCUT2D eigenvalue weighted by Crippen LogP contribution is 2.27. The molecule has 10 heteroatoms. The summed E-state index contributed by atoms with van der Waals surface area (Å²) in [7, 11) is 0. The zero-order valence-corrected chi connectivity index (χ0v) is 20.8. The van der Waals surface area contributed by atoms with E-state index in [0.29, 0.717) is 30.2 Å². The molecule has 1 aliphatic heterocycles. The van der Waals surface area contributed by atoms with Gasteiger partial charge in [-0.05, 0) is 60.7 Å². The number of halogens is 1. The molecule has 39 heavy (non-hydrogen) atoms. The molecule has 5 amide bonds. The van der Waals surface area contributed by atoms with Gasteiger partial charge < -0.3 is 14.6 Å². The lowest BCUT2D eigenvalue weighted by Crippen LogP contribution is -2.54. The summed E-state index contributed by atoms with van der Waals surface area (Å²) in [5.41, 5.74) is 2.06. The lowest BCUT2D eigenvalue weighted by molar-refractivity contribution is -0.122. The van der Waals surface area contributed by atoms with Crippen LogP contribution in [0.5, 0.6) is 5.75 Å². The first-order valence-electron chi connectivity index (χ1n) is 12.1. The minimum atomic E-state index is -0.904. The summed E-state index contributed by atoms with van der Waals surface area (Å²) in [5.74, 6) is -1.66. The first kappa shape index (κ1) is 25.4. The maximum absolute atomic E-state index is 13.4. The van der Waals surface area contributed by atoms with Gasteiger partial charge in [0.15, 0.2) is 0 Å². The Hall–Kier alpha value is -5.25. The Kier molecular flexibility index (Phi) is 6.92. The molecular formula is C29H23FN4O5. The maximum atomic E-state index is 13.4. The molecule has 3 aromatic carbocycles. The number of aromatic nitrogens is 1. The van der Waals surface area contributed by atoms with Crippen LogP contribution in [0.15, 0.2) is 84.6 Å². The predicted molar refractivity (Wildman–Crippen MR) is 144 cm³/mol. The van der Waals surface area contributed by atoms with Crippen molar-refractivity contribution in [3.05, 3.63) is 95.9 Å². The van der Waals surface area contributed by atoms with Crippen molar-refractivity contribution in [2.45, 2.75) is 13.5 Å². The quantitative estimate of drug-likeness (QED) is 0.273. The summed E-state index contributed by atoms with van der Waals surface area (Å²) >= 11 is 0. The first-order valence-corrected chi connectivity index (χ1v) is 12.1. The summed E-state index contributed by atoms with van der Waals surface area (Å²) < 4.78 is 21.2. The third-order valence-electron chi connectivity index (χ3n) is 6.08. The SMILES string of the molecule is CC(=O)Nc1ccc(OCCn2cc(/C=C3/C(=O)NC(=O)N(c4ccc(F)cc4)C3=O)c3ccccc32)cc1. The third kappa shape index (κ3) is 5.40. The number of para-hydroxylation sites is 1. The molecule has 2 heterocycles. The Labute approximate surface area is 222 Å². The van der Waals surface area contributed by atoms with Gasteiger partial charge in [0.25, 0.3) is 11.8 Å². The molecular weight excluding hydrogens is 503 g/mol. The average Bonchev–Trinajstić information content (AvgIpc) is 3.25. The number of fused-ring (bicyclic) bond motifs is 1. The Morgan fingerprint density at radius 2 is 1.72 bits per heavy atom. The van der Waals surface area contributed by atoms with Gasteiger partial charge in [-0.1, -0.05) is 18.2 Å². The normalized spacial score (nSPS) is 14.6. The predicted octanol–water partition coefficient (Wildman–Crippen LogP) is 4.48. The van der Waals surface area contributed by atoms with Crippen molar-refractivity contribution in [1.82, 2.24) is 9.88 Å². The molecule has 1 saturated heterocycles. The average molecular weight is 527 g/mol. The highest BCUT2D eigenvalue weighted by Gasteiger charge is 2.37. The molecule has 196 valence electrons. The molecule has 0 atom stereocenters. The van der Waals surface area contributed by atoms with E-state index < -0.39 is 23.7 Å². The number of rotatable bonds is 7. The summed E-state index contributed by atoms with van der Waals surface area (Å²) in [6.07, 6.45) is 3.25. The number of amides is 5. The Morgan fingerprint density at radius 1 is 1.00 bits per heavy atom. The number of barbiturate groups is 1. The first-order chi connectivity index (χ1) is 18.8. The molecule has 0 spiro atoms. The zero-order chi connectivity index (χ0) is 27.5. The van der Waals surface area contributed by atoms with Gasteiger partial charge in [-0.25, -0.2) is 14.1 Å². The van der Waals surface area contributed by atoms with Crippen LogP contribution in [-0.2, 0) is 20.9 Å². The Morgan fingerprint density at radius 3 is 2.44 bits per heavy atom. The van der Waals surface area contributed by atoms with E-state index in [-0.39, 0.29) is 17.2 Å². The van der Waals surface area contributed by atoms with Crippen LogP contribution in [0.4, 0.5) is 20.6 Å². The molecule has 5 rings (SSSR count). The van der Waals surface area contributed by atoms with Crippen molar-refractivity contribution in [2.75, 3.05) is 16.8 Å². The number of benzene rings is 3. The molecule has 1 aliphatic rings. The molecule has 1 aromatic heterocycles. The summed E-state index contributed by atoms with van der Waals surface area (Å²) in [5, 5.41) is 5.68. The minimum Gasteiger partial charge on any atom is -0.492 e. The van der Waals surface area contributed by atoms with Gasteiger partial charge in [0, 0.05) is 35.3 Å². The van der Waals surface area contributed by atoms with E-state index in [1.807, 2.05) is 28.8 Å². The van der Waals surface area contributed by atoms with E-state index in [1.165, 1.54) is 25.1 Å². The summed E-state index contributed by atoms with van der Waals surface area (Å²) in [6.45, 7) is 2.24. The number of nitrogens with zero attached hydrogens (tertiary/aromatic N) is 2. The van der Waals surface area contributed by atoms with Crippen LogP contribution in [0.3, 0.4) is 0 Å². The molecule has 0 aliphatic carbocycles. The number of hydrogen-bond acceptors (Lipinski definition) is 5. The number of hydrogen-bond donors (Lipinski definition) is 2. The third-order valence-corrected chi connectivity index (χ3v) is 6.08. The molecule has 1 fully saturated rings. The lowest BCUT2D eigenvalue weighted by Gasteiger charge is -2.26. The van der Waals surface area contributed by atoms with Crippen LogP contribution >= 0.6 is 0 Å². The highest BCUT2D eigenvalue weighted by atomic mass is 19.1. The number of carbonyl (C=O) groups excluding carboxylic acids is 4. The topological polar surface area (TPSA) is 110 Å². The van der Waals surface area contributed by atoms with Crippen LogP contribution in [0.25, 0.3) is 17.0 Å². The largest absolute Gasteiger partial charge is 0.492 e. The van der Waals surface area contributed by atoms with Crippen molar-refractivity contribution in [2.24, 2.45) is 0 Å². The Bertz CT molecular complexity index is 1620. The lowest BCUT2D eigenvalue weighted by atomic mass is 10.1. The molecule has 0 bridgehead atoms. The molecule has 0 radical (unpaired) electrons. The van der Waals surface area contributed by atoms with E-state index in [0.717, 1.165) is 27.9 Å². The number of nitrogens with one attached hydrogen (secondary N) is 2. The maximum Gasteiger partial charge on any atom is 0.335 e. The monoisotopic (exact) mass is 526 g/mol. The highest BCUT2D eigenvalue weighted by molar-refractivity contribution is 6.39.